The van der Waals surface area contributed by atoms with Crippen molar-refractivity contribution in [3.8, 4) is 11.4 Å². The SMILES string of the molecule is CC(CCNC(=O)C1CCN(c2ccc3nnc(-c4ccc(Cl)cc4)n3n2)CC1)N1CCCC1. The number of likely N-dealkylation sites (tertiary alicyclic amines) is 1. The van der Waals surface area contributed by atoms with Gasteiger partial charge in [0, 0.05) is 42.2 Å². The molecule has 1 amide bonds. The standard InChI is InChI=1S/C25H32ClN7O/c1-18(31-14-2-3-15-31)10-13-27-25(34)20-11-16-32(17-12-20)23-9-8-22-28-29-24(33(22)30-23)19-4-6-21(26)7-5-19/h4-9,18,20H,2-3,10-17H2,1H3,(H,27,34). The Bertz CT molecular complexity index is 1120. The van der Waals surface area contributed by atoms with E-state index in [0.717, 1.165) is 50.3 Å². The van der Waals surface area contributed by atoms with E-state index < -0.39 is 0 Å². The molecule has 2 aliphatic rings. The molecule has 0 spiro atoms. The minimum Gasteiger partial charge on any atom is -0.356 e. The van der Waals surface area contributed by atoms with Gasteiger partial charge in [0.15, 0.2) is 11.5 Å². The zero-order valence-electron chi connectivity index (χ0n) is 19.7. The Labute approximate surface area is 205 Å². The van der Waals surface area contributed by atoms with Gasteiger partial charge in [-0.2, -0.15) is 4.52 Å². The molecule has 0 radical (unpaired) electrons. The lowest BCUT2D eigenvalue weighted by Gasteiger charge is -2.32. The van der Waals surface area contributed by atoms with Crippen molar-refractivity contribution < 1.29 is 4.79 Å². The number of piperidine rings is 1. The first-order valence-electron chi connectivity index (χ1n) is 12.3. The van der Waals surface area contributed by atoms with Crippen LogP contribution in [0.2, 0.25) is 5.02 Å². The van der Waals surface area contributed by atoms with Gasteiger partial charge in [-0.15, -0.1) is 15.3 Å². The lowest BCUT2D eigenvalue weighted by Crippen LogP contribution is -2.42. The smallest absolute Gasteiger partial charge is 0.223 e. The second kappa shape index (κ2) is 10.3. The summed E-state index contributed by atoms with van der Waals surface area (Å²) in [5.41, 5.74) is 1.61. The van der Waals surface area contributed by atoms with E-state index in [1.807, 2.05) is 36.4 Å². The first kappa shape index (κ1) is 23.1. The number of nitrogens with zero attached hydrogens (tertiary/aromatic N) is 6. The molecule has 0 bridgehead atoms. The van der Waals surface area contributed by atoms with E-state index in [1.165, 1.54) is 25.9 Å². The fourth-order valence-corrected chi connectivity index (χ4v) is 5.14. The molecular weight excluding hydrogens is 450 g/mol. The number of aromatic nitrogens is 4. The highest BCUT2D eigenvalue weighted by molar-refractivity contribution is 6.30. The third-order valence-electron chi connectivity index (χ3n) is 7.17. The number of halogens is 1. The summed E-state index contributed by atoms with van der Waals surface area (Å²) in [5.74, 6) is 1.83. The molecule has 2 aromatic heterocycles. The normalized spacial score (nSPS) is 18.5. The number of carbonyl (C=O) groups excluding carboxylic acids is 1. The van der Waals surface area contributed by atoms with E-state index in [2.05, 4.69) is 32.2 Å². The second-order valence-corrected chi connectivity index (χ2v) is 9.86. The van der Waals surface area contributed by atoms with Crippen LogP contribution in [0.15, 0.2) is 36.4 Å². The number of rotatable bonds is 7. The van der Waals surface area contributed by atoms with Gasteiger partial charge in [-0.25, -0.2) is 0 Å². The monoisotopic (exact) mass is 481 g/mol. The van der Waals surface area contributed by atoms with Crippen LogP contribution in [0.5, 0.6) is 0 Å². The van der Waals surface area contributed by atoms with Gasteiger partial charge in [-0.3, -0.25) is 4.79 Å². The van der Waals surface area contributed by atoms with E-state index in [4.69, 9.17) is 16.7 Å². The van der Waals surface area contributed by atoms with Gasteiger partial charge in [-0.1, -0.05) is 11.6 Å². The van der Waals surface area contributed by atoms with Crippen LogP contribution < -0.4 is 10.2 Å². The fraction of sp³-hybridized carbons (Fsp3) is 0.520. The van der Waals surface area contributed by atoms with Crippen LogP contribution in [0.25, 0.3) is 17.0 Å². The van der Waals surface area contributed by atoms with Crippen molar-refractivity contribution in [1.29, 1.82) is 0 Å². The first-order valence-corrected chi connectivity index (χ1v) is 12.7. The Morgan fingerprint density at radius 1 is 1.06 bits per heavy atom. The second-order valence-electron chi connectivity index (χ2n) is 9.43. The van der Waals surface area contributed by atoms with Gasteiger partial charge < -0.3 is 15.1 Å². The number of hydrogen-bond acceptors (Lipinski definition) is 6. The Balaban J connectivity index is 1.16. The summed E-state index contributed by atoms with van der Waals surface area (Å²) in [7, 11) is 0. The van der Waals surface area contributed by atoms with Crippen molar-refractivity contribution in [2.45, 2.75) is 45.1 Å². The lowest BCUT2D eigenvalue weighted by atomic mass is 9.96. The molecule has 9 heteroatoms. The average molecular weight is 482 g/mol. The third kappa shape index (κ3) is 5.03. The largest absolute Gasteiger partial charge is 0.356 e. The summed E-state index contributed by atoms with van der Waals surface area (Å²) < 4.78 is 1.78. The molecule has 2 saturated heterocycles. The van der Waals surface area contributed by atoms with Gasteiger partial charge >= 0.3 is 0 Å². The van der Waals surface area contributed by atoms with Crippen molar-refractivity contribution >= 4 is 29.0 Å². The maximum absolute atomic E-state index is 12.7. The molecule has 1 unspecified atom stereocenters. The van der Waals surface area contributed by atoms with E-state index in [-0.39, 0.29) is 11.8 Å². The summed E-state index contributed by atoms with van der Waals surface area (Å²) in [6.45, 7) is 7.04. The van der Waals surface area contributed by atoms with Crippen molar-refractivity contribution in [3.63, 3.8) is 0 Å². The lowest BCUT2D eigenvalue weighted by molar-refractivity contribution is -0.125. The van der Waals surface area contributed by atoms with Gasteiger partial charge in [0.05, 0.1) is 0 Å². The fourth-order valence-electron chi connectivity index (χ4n) is 5.01. The molecule has 0 aliphatic carbocycles. The summed E-state index contributed by atoms with van der Waals surface area (Å²) in [6.07, 6.45) is 5.29. The molecule has 1 atom stereocenters. The molecule has 0 saturated carbocycles. The summed E-state index contributed by atoms with van der Waals surface area (Å²) in [4.78, 5) is 17.5. The van der Waals surface area contributed by atoms with Crippen molar-refractivity contribution in [2.75, 3.05) is 37.6 Å². The summed E-state index contributed by atoms with van der Waals surface area (Å²) in [5, 5.41) is 17.2. The number of anilines is 1. The molecule has 1 N–H and O–H groups in total. The van der Waals surface area contributed by atoms with E-state index in [9.17, 15) is 4.79 Å². The van der Waals surface area contributed by atoms with Gasteiger partial charge in [0.2, 0.25) is 5.91 Å². The Hall–Kier alpha value is -2.71. The molecular formula is C25H32ClN7O. The molecule has 1 aromatic carbocycles. The zero-order chi connectivity index (χ0) is 23.5. The van der Waals surface area contributed by atoms with Gasteiger partial charge in [-0.05, 0) is 88.5 Å². The van der Waals surface area contributed by atoms with Crippen LogP contribution in [0.3, 0.4) is 0 Å². The number of benzene rings is 1. The van der Waals surface area contributed by atoms with Crippen molar-refractivity contribution in [3.05, 3.63) is 41.4 Å². The molecule has 180 valence electrons. The number of fused-ring (bicyclic) bond motifs is 1. The van der Waals surface area contributed by atoms with Crippen LogP contribution in [0, 0.1) is 5.92 Å². The van der Waals surface area contributed by atoms with Gasteiger partial charge in [0.1, 0.15) is 5.82 Å². The minimum atomic E-state index is 0.0709. The Kier molecular flexibility index (Phi) is 6.97. The molecule has 3 aromatic rings. The topological polar surface area (TPSA) is 78.7 Å². The Morgan fingerprint density at radius 3 is 2.53 bits per heavy atom. The predicted octanol–water partition coefficient (Wildman–Crippen LogP) is 3.65. The number of nitrogens with one attached hydrogen (secondary N) is 1. The molecule has 4 heterocycles. The molecule has 34 heavy (non-hydrogen) atoms. The first-order chi connectivity index (χ1) is 16.6. The maximum Gasteiger partial charge on any atom is 0.223 e. The van der Waals surface area contributed by atoms with E-state index >= 15 is 0 Å². The van der Waals surface area contributed by atoms with Crippen LogP contribution in [-0.4, -0.2) is 69.4 Å². The number of amides is 1. The highest BCUT2D eigenvalue weighted by atomic mass is 35.5. The minimum absolute atomic E-state index is 0.0709. The third-order valence-corrected chi connectivity index (χ3v) is 7.42. The average Bonchev–Trinajstić information content (AvgIpc) is 3.55. The molecule has 8 nitrogen and oxygen atoms in total. The number of hydrogen-bond donors (Lipinski definition) is 1. The van der Waals surface area contributed by atoms with Crippen molar-refractivity contribution in [1.82, 2.24) is 30.0 Å². The van der Waals surface area contributed by atoms with E-state index in [1.54, 1.807) is 4.52 Å². The van der Waals surface area contributed by atoms with Crippen molar-refractivity contribution in [2.24, 2.45) is 5.92 Å². The molecule has 2 fully saturated rings. The molecule has 5 rings (SSSR count). The van der Waals surface area contributed by atoms with E-state index in [0.29, 0.717) is 22.5 Å². The quantitative estimate of drug-likeness (QED) is 0.555. The van der Waals surface area contributed by atoms with Crippen LogP contribution in [0.4, 0.5) is 5.82 Å². The van der Waals surface area contributed by atoms with Gasteiger partial charge in [0.25, 0.3) is 0 Å². The highest BCUT2D eigenvalue weighted by Gasteiger charge is 2.26. The van der Waals surface area contributed by atoms with Crippen LogP contribution >= 0.6 is 11.6 Å². The number of carbonyl (C=O) groups is 1. The highest BCUT2D eigenvalue weighted by Crippen LogP contribution is 2.25. The van der Waals surface area contributed by atoms with Crippen LogP contribution in [0.1, 0.15) is 39.0 Å². The maximum atomic E-state index is 12.7. The zero-order valence-corrected chi connectivity index (χ0v) is 20.4. The summed E-state index contributed by atoms with van der Waals surface area (Å²) >= 11 is 6.03. The van der Waals surface area contributed by atoms with Crippen LogP contribution in [-0.2, 0) is 4.79 Å². The summed E-state index contributed by atoms with van der Waals surface area (Å²) in [6, 6.07) is 12.0. The molecule has 2 aliphatic heterocycles. The Morgan fingerprint density at radius 2 is 1.79 bits per heavy atom. The predicted molar refractivity (Wildman–Crippen MR) is 134 cm³/mol.